The zero-order chi connectivity index (χ0) is 16.2. The van der Waals surface area contributed by atoms with Crippen LogP contribution < -0.4 is 0 Å². The lowest BCUT2D eigenvalue weighted by Crippen LogP contribution is -2.09. The number of unbranched alkanes of at least 4 members (excludes halogenated alkanes) is 3. The molecule has 0 saturated heterocycles. The van der Waals surface area contributed by atoms with Crippen molar-refractivity contribution in [2.75, 3.05) is 19.8 Å². The highest BCUT2D eigenvalue weighted by Crippen LogP contribution is 2.08. The first-order valence-corrected chi connectivity index (χ1v) is 7.74. The van der Waals surface area contributed by atoms with Crippen molar-refractivity contribution >= 4 is 11.9 Å². The van der Waals surface area contributed by atoms with E-state index in [9.17, 15) is 9.59 Å². The molecule has 5 nitrogen and oxygen atoms in total. The van der Waals surface area contributed by atoms with E-state index in [-0.39, 0.29) is 19.2 Å². The molecule has 122 valence electrons. The molecule has 0 aliphatic rings. The van der Waals surface area contributed by atoms with Crippen LogP contribution in [-0.2, 0) is 9.47 Å². The lowest BCUT2D eigenvalue weighted by Gasteiger charge is -2.06. The van der Waals surface area contributed by atoms with Crippen molar-refractivity contribution in [3.8, 4) is 0 Å². The summed E-state index contributed by atoms with van der Waals surface area (Å²) < 4.78 is 10.2. The predicted octanol–water partition coefficient (Wildman–Crippen LogP) is 2.96. The van der Waals surface area contributed by atoms with Gasteiger partial charge < -0.3 is 14.6 Å². The zero-order valence-corrected chi connectivity index (χ0v) is 13.0. The van der Waals surface area contributed by atoms with Gasteiger partial charge in [0.2, 0.25) is 0 Å². The van der Waals surface area contributed by atoms with Crippen molar-refractivity contribution in [1.29, 1.82) is 0 Å². The molecular weight excluding hydrogens is 284 g/mol. The van der Waals surface area contributed by atoms with Crippen LogP contribution in [-0.4, -0.2) is 36.9 Å². The van der Waals surface area contributed by atoms with Crippen LogP contribution in [0.2, 0.25) is 0 Å². The molecule has 0 bridgehead atoms. The van der Waals surface area contributed by atoms with E-state index in [0.717, 1.165) is 19.3 Å². The molecule has 0 radical (unpaired) electrons. The van der Waals surface area contributed by atoms with Gasteiger partial charge in [0.05, 0.1) is 24.3 Å². The first-order valence-electron chi connectivity index (χ1n) is 7.74. The van der Waals surface area contributed by atoms with Gasteiger partial charge in [-0.1, -0.05) is 19.8 Å². The molecule has 0 aliphatic heterocycles. The van der Waals surface area contributed by atoms with Crippen molar-refractivity contribution in [1.82, 2.24) is 0 Å². The maximum atomic E-state index is 11.8. The molecule has 0 fully saturated rings. The van der Waals surface area contributed by atoms with Crippen LogP contribution in [0.4, 0.5) is 0 Å². The number of aliphatic hydroxyl groups excluding tert-OH is 1. The van der Waals surface area contributed by atoms with E-state index < -0.39 is 5.97 Å². The number of benzene rings is 1. The van der Waals surface area contributed by atoms with Gasteiger partial charge in [0.15, 0.2) is 0 Å². The molecule has 0 spiro atoms. The van der Waals surface area contributed by atoms with E-state index in [1.807, 2.05) is 0 Å². The summed E-state index contributed by atoms with van der Waals surface area (Å²) in [5.74, 6) is -0.806. The van der Waals surface area contributed by atoms with E-state index in [4.69, 9.17) is 14.6 Å². The number of rotatable bonds is 10. The Hall–Kier alpha value is -1.88. The van der Waals surface area contributed by atoms with Gasteiger partial charge in [-0.05, 0) is 43.5 Å². The number of hydrogen-bond donors (Lipinski definition) is 1. The molecule has 0 atom stereocenters. The van der Waals surface area contributed by atoms with Crippen molar-refractivity contribution in [3.63, 3.8) is 0 Å². The average molecular weight is 308 g/mol. The van der Waals surface area contributed by atoms with Gasteiger partial charge in [0, 0.05) is 6.61 Å². The minimum atomic E-state index is -0.430. The second-order valence-electron chi connectivity index (χ2n) is 4.99. The second kappa shape index (κ2) is 10.8. The van der Waals surface area contributed by atoms with Gasteiger partial charge >= 0.3 is 11.9 Å². The molecule has 1 rings (SSSR count). The highest BCUT2D eigenvalue weighted by atomic mass is 16.5. The summed E-state index contributed by atoms with van der Waals surface area (Å²) in [7, 11) is 0. The van der Waals surface area contributed by atoms with Gasteiger partial charge in [-0.2, -0.15) is 0 Å². The largest absolute Gasteiger partial charge is 0.462 e. The topological polar surface area (TPSA) is 72.8 Å². The van der Waals surface area contributed by atoms with E-state index in [2.05, 4.69) is 6.92 Å². The van der Waals surface area contributed by atoms with Crippen LogP contribution in [0, 0.1) is 0 Å². The molecular formula is C17H24O5. The third-order valence-electron chi connectivity index (χ3n) is 3.12. The normalized spacial score (nSPS) is 10.3. The number of hydrogen-bond acceptors (Lipinski definition) is 5. The highest BCUT2D eigenvalue weighted by molar-refractivity contribution is 5.93. The molecule has 5 heteroatoms. The van der Waals surface area contributed by atoms with Crippen LogP contribution in [0.25, 0.3) is 0 Å². The summed E-state index contributed by atoms with van der Waals surface area (Å²) in [5, 5.41) is 8.64. The van der Waals surface area contributed by atoms with Gasteiger partial charge in [0.25, 0.3) is 0 Å². The SMILES string of the molecule is CCCCCOC(=O)c1ccc(C(=O)OCCCCO)cc1. The van der Waals surface area contributed by atoms with Crippen LogP contribution in [0.5, 0.6) is 0 Å². The standard InChI is InChI=1S/C17H24O5/c1-2-3-5-12-21-16(19)14-7-9-15(10-8-14)17(20)22-13-6-4-11-18/h7-10,18H,2-6,11-13H2,1H3. The Balaban J connectivity index is 2.41. The molecule has 22 heavy (non-hydrogen) atoms. The molecule has 0 aromatic heterocycles. The molecule has 0 heterocycles. The van der Waals surface area contributed by atoms with E-state index in [1.54, 1.807) is 24.3 Å². The fourth-order valence-electron chi connectivity index (χ4n) is 1.80. The smallest absolute Gasteiger partial charge is 0.338 e. The first-order chi connectivity index (χ1) is 10.7. The summed E-state index contributed by atoms with van der Waals surface area (Å²) in [5.41, 5.74) is 0.819. The minimum Gasteiger partial charge on any atom is -0.462 e. The van der Waals surface area contributed by atoms with Crippen molar-refractivity contribution in [2.45, 2.75) is 39.0 Å². The number of aliphatic hydroxyl groups is 1. The molecule has 1 N–H and O–H groups in total. The Morgan fingerprint density at radius 2 is 1.32 bits per heavy atom. The van der Waals surface area contributed by atoms with E-state index >= 15 is 0 Å². The van der Waals surface area contributed by atoms with Gasteiger partial charge in [0.1, 0.15) is 0 Å². The first kappa shape index (κ1) is 18.2. The summed E-state index contributed by atoms with van der Waals surface area (Å²) >= 11 is 0. The number of ether oxygens (including phenoxy) is 2. The molecule has 0 amide bonds. The zero-order valence-electron chi connectivity index (χ0n) is 13.0. The Labute approximate surface area is 131 Å². The molecule has 0 saturated carbocycles. The lowest BCUT2D eigenvalue weighted by molar-refractivity contribution is 0.0481. The van der Waals surface area contributed by atoms with E-state index in [1.165, 1.54) is 0 Å². The molecule has 0 unspecified atom stereocenters. The Bertz CT molecular complexity index is 410. The Kier molecular flexibility index (Phi) is 8.91. The Morgan fingerprint density at radius 3 is 1.73 bits per heavy atom. The number of carbonyl (C=O) groups is 2. The van der Waals surface area contributed by atoms with Crippen LogP contribution in [0.15, 0.2) is 24.3 Å². The third-order valence-corrected chi connectivity index (χ3v) is 3.12. The van der Waals surface area contributed by atoms with Crippen molar-refractivity contribution in [3.05, 3.63) is 35.4 Å². The predicted molar refractivity (Wildman–Crippen MR) is 82.9 cm³/mol. The average Bonchev–Trinajstić information content (AvgIpc) is 2.55. The summed E-state index contributed by atoms with van der Waals surface area (Å²) in [6.07, 6.45) is 4.21. The van der Waals surface area contributed by atoms with Crippen LogP contribution >= 0.6 is 0 Å². The number of carbonyl (C=O) groups excluding carboxylic acids is 2. The second-order valence-corrected chi connectivity index (χ2v) is 4.99. The summed E-state index contributed by atoms with van der Waals surface area (Å²) in [4.78, 5) is 23.5. The summed E-state index contributed by atoms with van der Waals surface area (Å²) in [6.45, 7) is 2.87. The fourth-order valence-corrected chi connectivity index (χ4v) is 1.80. The highest BCUT2D eigenvalue weighted by Gasteiger charge is 2.10. The molecule has 1 aromatic carbocycles. The van der Waals surface area contributed by atoms with Gasteiger partial charge in [-0.25, -0.2) is 9.59 Å². The number of esters is 2. The van der Waals surface area contributed by atoms with Crippen LogP contribution in [0.3, 0.4) is 0 Å². The fraction of sp³-hybridized carbons (Fsp3) is 0.529. The van der Waals surface area contributed by atoms with E-state index in [0.29, 0.717) is 30.6 Å². The Morgan fingerprint density at radius 1 is 0.864 bits per heavy atom. The maximum absolute atomic E-state index is 11.8. The van der Waals surface area contributed by atoms with Gasteiger partial charge in [-0.15, -0.1) is 0 Å². The quantitative estimate of drug-likeness (QED) is 0.531. The summed E-state index contributed by atoms with van der Waals surface area (Å²) in [6, 6.07) is 6.23. The molecule has 1 aromatic rings. The van der Waals surface area contributed by atoms with Crippen molar-refractivity contribution in [2.24, 2.45) is 0 Å². The molecule has 0 aliphatic carbocycles. The third kappa shape index (κ3) is 6.72. The van der Waals surface area contributed by atoms with Gasteiger partial charge in [-0.3, -0.25) is 0 Å². The van der Waals surface area contributed by atoms with Crippen molar-refractivity contribution < 1.29 is 24.2 Å². The maximum Gasteiger partial charge on any atom is 0.338 e. The monoisotopic (exact) mass is 308 g/mol. The minimum absolute atomic E-state index is 0.0899. The lowest BCUT2D eigenvalue weighted by atomic mass is 10.1. The van der Waals surface area contributed by atoms with Crippen LogP contribution in [0.1, 0.15) is 59.7 Å².